The van der Waals surface area contributed by atoms with Gasteiger partial charge in [-0.25, -0.2) is 15.0 Å². The molecule has 10 aromatic rings. The Morgan fingerprint density at radius 1 is 0.440 bits per heavy atom. The number of rotatable bonds is 5. The maximum Gasteiger partial charge on any atom is 0.213 e. The summed E-state index contributed by atoms with van der Waals surface area (Å²) in [7, 11) is 0. The molecule has 0 saturated carbocycles. The summed E-state index contributed by atoms with van der Waals surface area (Å²) in [4.78, 5) is 15.3. The Hall–Kier alpha value is -6.85. The highest BCUT2D eigenvalue weighted by Crippen LogP contribution is 2.45. The van der Waals surface area contributed by atoms with Crippen LogP contribution in [0.5, 0.6) is 0 Å². The Balaban J connectivity index is 1.31. The van der Waals surface area contributed by atoms with Crippen LogP contribution in [0, 0.1) is 0 Å². The van der Waals surface area contributed by atoms with Gasteiger partial charge >= 0.3 is 0 Å². The van der Waals surface area contributed by atoms with Crippen molar-refractivity contribution < 1.29 is 4.42 Å². The average Bonchev–Trinajstić information content (AvgIpc) is 3.74. The van der Waals surface area contributed by atoms with Crippen LogP contribution in [0.15, 0.2) is 174 Å². The molecule has 50 heavy (non-hydrogen) atoms. The predicted octanol–water partition coefficient (Wildman–Crippen LogP) is 11.5. The highest BCUT2D eigenvalue weighted by atomic mass is 16.3. The number of furan rings is 1. The standard InChI is InChI=1S/C45H28N4O/c1-5-15-29(16-6-1)37-28-38(48-44(47-37)31-19-9-3-10-20-31)32-25-26-39-35(27-32)41-40-34-23-13-14-24-36(34)46-42(30-17-7-2-8-18-30)43(40)50-45(41)49(39)33-21-11-4-12-22-33/h1-28H. The van der Waals surface area contributed by atoms with Crippen molar-refractivity contribution in [2.24, 2.45) is 0 Å². The van der Waals surface area contributed by atoms with E-state index < -0.39 is 0 Å². The first-order chi connectivity index (χ1) is 24.8. The molecule has 0 saturated heterocycles. The summed E-state index contributed by atoms with van der Waals surface area (Å²) in [6.07, 6.45) is 0. The maximum absolute atomic E-state index is 6.99. The van der Waals surface area contributed by atoms with E-state index in [1.807, 2.05) is 66.7 Å². The van der Waals surface area contributed by atoms with Gasteiger partial charge in [0.2, 0.25) is 5.71 Å². The molecular formula is C45H28N4O. The molecule has 4 aromatic heterocycles. The van der Waals surface area contributed by atoms with Crippen LogP contribution in [0.25, 0.3) is 94.7 Å². The van der Waals surface area contributed by atoms with Gasteiger partial charge in [-0.1, -0.05) is 133 Å². The second kappa shape index (κ2) is 11.4. The lowest BCUT2D eigenvalue weighted by molar-refractivity contribution is 0.645. The number of pyridine rings is 1. The van der Waals surface area contributed by atoms with Crippen molar-refractivity contribution in [3.8, 4) is 50.8 Å². The van der Waals surface area contributed by atoms with E-state index in [1.54, 1.807) is 0 Å². The third-order valence-electron chi connectivity index (χ3n) is 9.41. The zero-order valence-electron chi connectivity index (χ0n) is 26.9. The monoisotopic (exact) mass is 640 g/mol. The number of aromatic nitrogens is 4. The molecule has 6 aromatic carbocycles. The maximum atomic E-state index is 6.99. The molecule has 0 atom stereocenters. The van der Waals surface area contributed by atoms with Gasteiger partial charge in [-0.15, -0.1) is 0 Å². The smallest absolute Gasteiger partial charge is 0.213 e. The van der Waals surface area contributed by atoms with Gasteiger partial charge < -0.3 is 4.42 Å². The van der Waals surface area contributed by atoms with E-state index in [4.69, 9.17) is 19.4 Å². The summed E-state index contributed by atoms with van der Waals surface area (Å²) in [5.74, 6) is 0.687. The molecule has 0 N–H and O–H groups in total. The molecule has 0 unspecified atom stereocenters. The Bertz CT molecular complexity index is 2780. The van der Waals surface area contributed by atoms with Crippen molar-refractivity contribution in [2.75, 3.05) is 0 Å². The van der Waals surface area contributed by atoms with Gasteiger partial charge in [-0.2, -0.15) is 0 Å². The summed E-state index contributed by atoms with van der Waals surface area (Å²) in [5.41, 5.74) is 11.1. The highest BCUT2D eigenvalue weighted by molar-refractivity contribution is 6.28. The minimum atomic E-state index is 0.687. The zero-order valence-corrected chi connectivity index (χ0v) is 26.9. The van der Waals surface area contributed by atoms with Gasteiger partial charge in [0.05, 0.1) is 27.8 Å². The van der Waals surface area contributed by atoms with Gasteiger partial charge in [0.25, 0.3) is 0 Å². The molecule has 5 heteroatoms. The highest BCUT2D eigenvalue weighted by Gasteiger charge is 2.25. The van der Waals surface area contributed by atoms with Crippen LogP contribution in [0.2, 0.25) is 0 Å². The lowest BCUT2D eigenvalue weighted by Gasteiger charge is -2.11. The van der Waals surface area contributed by atoms with E-state index in [0.29, 0.717) is 5.82 Å². The summed E-state index contributed by atoms with van der Waals surface area (Å²) < 4.78 is 9.22. The molecule has 0 radical (unpaired) electrons. The van der Waals surface area contributed by atoms with E-state index in [1.165, 1.54) is 0 Å². The summed E-state index contributed by atoms with van der Waals surface area (Å²) in [5, 5.41) is 4.24. The van der Waals surface area contributed by atoms with E-state index in [2.05, 4.69) is 108 Å². The Kier molecular flexibility index (Phi) is 6.42. The van der Waals surface area contributed by atoms with Crippen LogP contribution in [0.3, 0.4) is 0 Å². The number of nitrogens with zero attached hydrogens (tertiary/aromatic N) is 4. The Morgan fingerprint density at radius 3 is 1.76 bits per heavy atom. The van der Waals surface area contributed by atoms with Gasteiger partial charge in [0, 0.05) is 44.1 Å². The van der Waals surface area contributed by atoms with Gasteiger partial charge in [-0.05, 0) is 36.4 Å². The van der Waals surface area contributed by atoms with Crippen molar-refractivity contribution in [2.45, 2.75) is 0 Å². The van der Waals surface area contributed by atoms with E-state index in [0.717, 1.165) is 88.9 Å². The fourth-order valence-electron chi connectivity index (χ4n) is 7.10. The number of para-hydroxylation sites is 2. The number of hydrogen-bond donors (Lipinski definition) is 0. The van der Waals surface area contributed by atoms with Crippen LogP contribution in [0.4, 0.5) is 0 Å². The fourth-order valence-corrected chi connectivity index (χ4v) is 7.10. The quantitative estimate of drug-likeness (QED) is 0.188. The molecule has 0 amide bonds. The van der Waals surface area contributed by atoms with E-state index >= 15 is 0 Å². The van der Waals surface area contributed by atoms with E-state index in [-0.39, 0.29) is 0 Å². The van der Waals surface area contributed by atoms with Gasteiger partial charge in [0.15, 0.2) is 11.4 Å². The second-order valence-corrected chi connectivity index (χ2v) is 12.4. The Morgan fingerprint density at radius 2 is 1.04 bits per heavy atom. The average molecular weight is 641 g/mol. The first-order valence-electron chi connectivity index (χ1n) is 16.7. The van der Waals surface area contributed by atoms with Crippen LogP contribution in [-0.4, -0.2) is 19.5 Å². The van der Waals surface area contributed by atoms with Crippen molar-refractivity contribution >= 4 is 43.9 Å². The number of fused-ring (bicyclic) bond motifs is 7. The zero-order chi connectivity index (χ0) is 33.0. The van der Waals surface area contributed by atoms with Crippen molar-refractivity contribution in [1.29, 1.82) is 0 Å². The number of benzene rings is 6. The minimum Gasteiger partial charge on any atom is -0.437 e. The van der Waals surface area contributed by atoms with E-state index in [9.17, 15) is 0 Å². The first-order valence-corrected chi connectivity index (χ1v) is 16.7. The van der Waals surface area contributed by atoms with Crippen LogP contribution in [-0.2, 0) is 0 Å². The molecule has 0 spiro atoms. The topological polar surface area (TPSA) is 56.7 Å². The summed E-state index contributed by atoms with van der Waals surface area (Å²) >= 11 is 0. The molecule has 234 valence electrons. The normalized spacial score (nSPS) is 11.6. The van der Waals surface area contributed by atoms with Crippen molar-refractivity contribution in [3.63, 3.8) is 0 Å². The predicted molar refractivity (Wildman–Crippen MR) is 203 cm³/mol. The molecule has 0 aliphatic heterocycles. The lowest BCUT2D eigenvalue weighted by Crippen LogP contribution is -1.96. The summed E-state index contributed by atoms with van der Waals surface area (Å²) in [6, 6.07) is 58.2. The minimum absolute atomic E-state index is 0.687. The Labute approximate surface area is 287 Å². The molecule has 0 aliphatic carbocycles. The third-order valence-corrected chi connectivity index (χ3v) is 9.41. The molecule has 0 fully saturated rings. The molecular weight excluding hydrogens is 613 g/mol. The first kappa shape index (κ1) is 28.2. The SMILES string of the molecule is c1ccc(-c2cc(-c3ccc4c(c3)c3c5c(oc3n4-c3ccccc3)c(-c3ccccc3)nc3ccccc35)nc(-c3ccccc3)n2)cc1. The fraction of sp³-hybridized carbons (Fsp3) is 0. The second-order valence-electron chi connectivity index (χ2n) is 12.4. The molecule has 0 bridgehead atoms. The largest absolute Gasteiger partial charge is 0.437 e. The van der Waals surface area contributed by atoms with Gasteiger partial charge in [0.1, 0.15) is 5.69 Å². The molecule has 4 heterocycles. The summed E-state index contributed by atoms with van der Waals surface area (Å²) in [6.45, 7) is 0. The van der Waals surface area contributed by atoms with Crippen molar-refractivity contribution in [3.05, 3.63) is 170 Å². The molecule has 10 rings (SSSR count). The van der Waals surface area contributed by atoms with Crippen molar-refractivity contribution in [1.82, 2.24) is 19.5 Å². The van der Waals surface area contributed by atoms with Crippen LogP contribution >= 0.6 is 0 Å². The number of hydrogen-bond acceptors (Lipinski definition) is 4. The molecule has 0 aliphatic rings. The molecule has 5 nitrogen and oxygen atoms in total. The van der Waals surface area contributed by atoms with Gasteiger partial charge in [-0.3, -0.25) is 4.57 Å². The van der Waals surface area contributed by atoms with Crippen LogP contribution < -0.4 is 0 Å². The third kappa shape index (κ3) is 4.52. The van der Waals surface area contributed by atoms with Crippen LogP contribution in [0.1, 0.15) is 0 Å². The lowest BCUT2D eigenvalue weighted by atomic mass is 10.0.